The van der Waals surface area contributed by atoms with Gasteiger partial charge in [-0.25, -0.2) is 23.4 Å². The zero-order chi connectivity index (χ0) is 30.5. The van der Waals surface area contributed by atoms with E-state index in [9.17, 15) is 13.2 Å². The first-order valence-corrected chi connectivity index (χ1v) is 15.7. The maximum Gasteiger partial charge on any atom is 0.245 e. The number of ether oxygens (including phenoxy) is 2. The van der Waals surface area contributed by atoms with E-state index in [1.54, 1.807) is 27.7 Å². The Morgan fingerprint density at radius 1 is 1.21 bits per heavy atom. The Kier molecular flexibility index (Phi) is 7.06. The van der Waals surface area contributed by atoms with Gasteiger partial charge in [0.1, 0.15) is 40.9 Å². The van der Waals surface area contributed by atoms with Gasteiger partial charge in [0.2, 0.25) is 11.8 Å². The van der Waals surface area contributed by atoms with Crippen LogP contribution in [0.25, 0.3) is 22.2 Å². The number of piperidine rings is 1. The van der Waals surface area contributed by atoms with Crippen molar-refractivity contribution in [2.75, 3.05) is 32.2 Å². The van der Waals surface area contributed by atoms with Crippen LogP contribution in [-0.4, -0.2) is 65.2 Å². The number of nitrogens with zero attached hydrogens (tertiary/aromatic N) is 5. The number of pyridine rings is 1. The van der Waals surface area contributed by atoms with Crippen LogP contribution in [0.5, 0.6) is 17.4 Å². The van der Waals surface area contributed by atoms with Gasteiger partial charge < -0.3 is 24.7 Å². The Morgan fingerprint density at radius 3 is 2.65 bits per heavy atom. The number of nitrogen functional groups attached to an aromatic ring is 1. The molecule has 4 heterocycles. The summed E-state index contributed by atoms with van der Waals surface area (Å²) in [4.78, 5) is 26.8. The first-order chi connectivity index (χ1) is 20.6. The number of sulfone groups is 1. The molecular weight excluding hydrogens is 568 g/mol. The van der Waals surface area contributed by atoms with E-state index in [0.29, 0.717) is 58.3 Å². The summed E-state index contributed by atoms with van der Waals surface area (Å²) < 4.78 is 38.5. The average molecular weight is 599 g/mol. The van der Waals surface area contributed by atoms with E-state index < -0.39 is 9.84 Å². The quantitative estimate of drug-likeness (QED) is 0.250. The molecule has 220 valence electrons. The lowest BCUT2D eigenvalue weighted by Gasteiger charge is -2.16. The van der Waals surface area contributed by atoms with Crippen molar-refractivity contribution in [3.63, 3.8) is 0 Å². The Hall–Kier alpha value is -4.89. The number of methoxy groups -OCH3 is 1. The molecule has 0 bridgehead atoms. The monoisotopic (exact) mass is 598 g/mol. The van der Waals surface area contributed by atoms with E-state index in [1.807, 2.05) is 25.1 Å². The molecule has 43 heavy (non-hydrogen) atoms. The van der Waals surface area contributed by atoms with Gasteiger partial charge in [-0.05, 0) is 49.0 Å². The van der Waals surface area contributed by atoms with Crippen molar-refractivity contribution >= 4 is 32.6 Å². The zero-order valence-corrected chi connectivity index (χ0v) is 24.8. The lowest BCUT2D eigenvalue weighted by molar-refractivity contribution is -0.125. The molecule has 1 aliphatic carbocycles. The highest BCUT2D eigenvalue weighted by Gasteiger charge is 2.55. The van der Waals surface area contributed by atoms with E-state index in [-0.39, 0.29) is 35.4 Å². The largest absolute Gasteiger partial charge is 0.496 e. The van der Waals surface area contributed by atoms with Gasteiger partial charge in [0, 0.05) is 54.2 Å². The molecule has 1 unspecified atom stereocenters. The van der Waals surface area contributed by atoms with Gasteiger partial charge in [-0.2, -0.15) is 0 Å². The summed E-state index contributed by atoms with van der Waals surface area (Å²) in [6.07, 6.45) is 3.79. The van der Waals surface area contributed by atoms with Gasteiger partial charge in [-0.3, -0.25) is 4.79 Å². The Morgan fingerprint density at radius 2 is 1.98 bits per heavy atom. The van der Waals surface area contributed by atoms with Crippen molar-refractivity contribution in [2.24, 2.45) is 17.8 Å². The number of hydrogen-bond donors (Lipinski definition) is 1. The highest BCUT2D eigenvalue weighted by molar-refractivity contribution is 7.89. The topological polar surface area (TPSA) is 143 Å². The second-order valence-corrected chi connectivity index (χ2v) is 12.9. The van der Waals surface area contributed by atoms with Gasteiger partial charge >= 0.3 is 0 Å². The third-order valence-electron chi connectivity index (χ3n) is 7.80. The van der Waals surface area contributed by atoms with E-state index in [1.165, 1.54) is 19.5 Å². The minimum Gasteiger partial charge on any atom is -0.496 e. The maximum absolute atomic E-state index is 12.6. The number of rotatable bonds is 7. The number of benzene rings is 1. The van der Waals surface area contributed by atoms with E-state index >= 15 is 0 Å². The molecule has 6 rings (SSSR count). The van der Waals surface area contributed by atoms with E-state index in [4.69, 9.17) is 15.2 Å². The number of anilines is 1. The fourth-order valence-electron chi connectivity index (χ4n) is 5.78. The third kappa shape index (κ3) is 5.39. The number of carbonyl (C=O) groups excluding carboxylic acids is 1. The summed E-state index contributed by atoms with van der Waals surface area (Å²) in [7, 11) is -1.97. The van der Waals surface area contributed by atoms with E-state index in [2.05, 4.69) is 33.4 Å². The Bertz CT molecular complexity index is 1950. The SMILES string of the molecule is C=CC(=O)N1C[C@@H]2C(C#Cc3c(-c4ccc(Oc5cccc(C)n5)cc4OC)c4c(N)ncnc4n3CS(C)(=O)=O)[C@@H]2C1. The molecule has 2 fully saturated rings. The number of amides is 1. The number of likely N-dealkylation sites (tertiary alicyclic amines) is 1. The first-order valence-electron chi connectivity index (χ1n) is 13.6. The van der Waals surface area contributed by atoms with Gasteiger partial charge in [0.25, 0.3) is 0 Å². The van der Waals surface area contributed by atoms with Crippen molar-refractivity contribution in [2.45, 2.75) is 12.8 Å². The van der Waals surface area contributed by atoms with Gasteiger partial charge in [-0.1, -0.05) is 18.6 Å². The summed E-state index contributed by atoms with van der Waals surface area (Å²) >= 11 is 0. The zero-order valence-electron chi connectivity index (χ0n) is 23.9. The maximum atomic E-state index is 12.6. The molecule has 3 atom stereocenters. The predicted molar refractivity (Wildman–Crippen MR) is 162 cm³/mol. The lowest BCUT2D eigenvalue weighted by Crippen LogP contribution is -2.29. The smallest absolute Gasteiger partial charge is 0.245 e. The van der Waals surface area contributed by atoms with Crippen LogP contribution in [-0.2, 0) is 20.5 Å². The van der Waals surface area contributed by atoms with Gasteiger partial charge in [0.15, 0.2) is 9.84 Å². The predicted octanol–water partition coefficient (Wildman–Crippen LogP) is 3.43. The number of aromatic nitrogens is 4. The third-order valence-corrected chi connectivity index (χ3v) is 8.52. The van der Waals surface area contributed by atoms with Crippen molar-refractivity contribution in [3.05, 3.63) is 66.8 Å². The molecule has 2 aliphatic rings. The van der Waals surface area contributed by atoms with Crippen LogP contribution >= 0.6 is 0 Å². The van der Waals surface area contributed by atoms with Crippen molar-refractivity contribution in [1.29, 1.82) is 0 Å². The van der Waals surface area contributed by atoms with E-state index in [0.717, 1.165) is 11.9 Å². The molecule has 1 saturated carbocycles. The number of nitrogens with two attached hydrogens (primary N) is 1. The summed E-state index contributed by atoms with van der Waals surface area (Å²) in [5, 5.41) is 0.474. The molecular formula is C31H30N6O5S. The average Bonchev–Trinajstić information content (AvgIpc) is 3.27. The fourth-order valence-corrected chi connectivity index (χ4v) is 6.50. The van der Waals surface area contributed by atoms with Gasteiger partial charge in [-0.15, -0.1) is 0 Å². The van der Waals surface area contributed by atoms with Crippen molar-refractivity contribution < 1.29 is 22.7 Å². The lowest BCUT2D eigenvalue weighted by atomic mass is 10.0. The van der Waals surface area contributed by atoms with Crippen LogP contribution in [0.2, 0.25) is 0 Å². The number of hydrogen-bond acceptors (Lipinski definition) is 9. The summed E-state index contributed by atoms with van der Waals surface area (Å²) in [5.41, 5.74) is 9.18. The standard InChI is InChI=1S/C31H30N6O5S/c1-5-27(38)36-14-22-20(23(22)15-36)11-12-24-28(29-30(32)33-16-34-31(29)37(24)17-43(4,39)40)21-10-9-19(13-25(21)41-3)42-26-8-6-7-18(2)35-26/h5-10,13,16,20,22-23H,1,14-15,17H2,2-4H3,(H2,32,33,34)/t20?,22-,23+. The molecule has 4 aromatic rings. The minimum atomic E-state index is -3.51. The molecule has 2 N–H and O–H groups in total. The van der Waals surface area contributed by atoms with Crippen LogP contribution in [0.3, 0.4) is 0 Å². The Labute approximate surface area is 249 Å². The molecule has 12 heteroatoms. The second-order valence-electron chi connectivity index (χ2n) is 10.8. The molecule has 1 amide bonds. The van der Waals surface area contributed by atoms with Crippen molar-refractivity contribution in [1.82, 2.24) is 24.4 Å². The molecule has 3 aromatic heterocycles. The second kappa shape index (κ2) is 10.7. The molecule has 1 saturated heterocycles. The summed E-state index contributed by atoms with van der Waals surface area (Å²) in [5.74, 6) is 8.39. The summed E-state index contributed by atoms with van der Waals surface area (Å²) in [6.45, 7) is 6.70. The van der Waals surface area contributed by atoms with Crippen LogP contribution in [0.15, 0.2) is 55.4 Å². The molecule has 1 aliphatic heterocycles. The van der Waals surface area contributed by atoms with Crippen LogP contribution < -0.4 is 15.2 Å². The molecule has 1 aromatic carbocycles. The first kappa shape index (κ1) is 28.2. The van der Waals surface area contributed by atoms with Crippen LogP contribution in [0.4, 0.5) is 5.82 Å². The summed E-state index contributed by atoms with van der Waals surface area (Å²) in [6, 6.07) is 10.8. The number of carbonyl (C=O) groups is 1. The number of aryl methyl sites for hydroxylation is 1. The highest BCUT2D eigenvalue weighted by Crippen LogP contribution is 2.51. The van der Waals surface area contributed by atoms with Gasteiger partial charge in [0.05, 0.1) is 12.5 Å². The van der Waals surface area contributed by atoms with Crippen LogP contribution in [0.1, 0.15) is 11.4 Å². The molecule has 0 spiro atoms. The fraction of sp³-hybridized carbons (Fsp3) is 0.290. The Balaban J connectivity index is 1.47. The highest BCUT2D eigenvalue weighted by atomic mass is 32.2. The number of fused-ring (bicyclic) bond motifs is 2. The molecule has 0 radical (unpaired) electrons. The molecule has 11 nitrogen and oxygen atoms in total. The van der Waals surface area contributed by atoms with Crippen molar-refractivity contribution in [3.8, 4) is 40.3 Å². The minimum absolute atomic E-state index is 0.0781. The normalized spacial score (nSPS) is 19.0. The van der Waals surface area contributed by atoms with Crippen LogP contribution in [0, 0.1) is 36.5 Å².